The van der Waals surface area contributed by atoms with Crippen LogP contribution in [0.3, 0.4) is 0 Å². The Kier molecular flexibility index (Phi) is 6.42. The van der Waals surface area contributed by atoms with Crippen LogP contribution in [0.5, 0.6) is 5.75 Å². The monoisotopic (exact) mass is 424 g/mol. The highest BCUT2D eigenvalue weighted by molar-refractivity contribution is 7.92. The van der Waals surface area contributed by atoms with Crippen LogP contribution in [0.4, 0.5) is 5.69 Å². The van der Waals surface area contributed by atoms with Gasteiger partial charge < -0.3 is 10.1 Å². The first-order valence-corrected chi connectivity index (χ1v) is 10.8. The van der Waals surface area contributed by atoms with Gasteiger partial charge >= 0.3 is 0 Å². The Bertz CT molecular complexity index is 1120. The van der Waals surface area contributed by atoms with E-state index in [-0.39, 0.29) is 16.4 Å². The number of hydrogen-bond acceptors (Lipinski definition) is 4. The molecule has 1 N–H and O–H groups in total. The van der Waals surface area contributed by atoms with Gasteiger partial charge in [-0.15, -0.1) is 0 Å². The highest BCUT2D eigenvalue weighted by Gasteiger charge is 2.22. The zero-order valence-electron chi connectivity index (χ0n) is 17.1. The van der Waals surface area contributed by atoms with E-state index in [9.17, 15) is 13.2 Å². The Morgan fingerprint density at radius 2 is 1.67 bits per heavy atom. The zero-order valence-corrected chi connectivity index (χ0v) is 17.9. The predicted octanol–water partition coefficient (Wildman–Crippen LogP) is 3.76. The molecule has 0 fully saturated rings. The van der Waals surface area contributed by atoms with Crippen molar-refractivity contribution in [1.82, 2.24) is 5.32 Å². The largest absolute Gasteiger partial charge is 0.497 e. The molecule has 0 saturated heterocycles. The second-order valence-corrected chi connectivity index (χ2v) is 8.84. The van der Waals surface area contributed by atoms with E-state index in [4.69, 9.17) is 4.74 Å². The topological polar surface area (TPSA) is 75.7 Å². The zero-order chi connectivity index (χ0) is 21.7. The lowest BCUT2D eigenvalue weighted by Gasteiger charge is -2.20. The molecule has 0 aliphatic rings. The molecule has 0 spiro atoms. The molecular formula is C23H24N2O4S. The van der Waals surface area contributed by atoms with E-state index in [1.807, 2.05) is 43.3 Å². The quantitative estimate of drug-likeness (QED) is 0.627. The molecule has 3 rings (SSSR count). The number of nitrogens with zero attached hydrogens (tertiary/aromatic N) is 1. The molecule has 0 aliphatic carbocycles. The first-order valence-electron chi connectivity index (χ1n) is 9.38. The molecular weight excluding hydrogens is 400 g/mol. The summed E-state index contributed by atoms with van der Waals surface area (Å²) in [6.45, 7) is 2.26. The molecule has 0 heterocycles. The van der Waals surface area contributed by atoms with Crippen LogP contribution in [0.2, 0.25) is 0 Å². The van der Waals surface area contributed by atoms with E-state index in [0.29, 0.717) is 12.2 Å². The van der Waals surface area contributed by atoms with Crippen molar-refractivity contribution in [1.29, 1.82) is 0 Å². The SMILES string of the molecule is COc1ccc(CNC(=O)c2cccc(S(=O)(=O)N(C)c3ccc(C)cc3)c2)cc1. The lowest BCUT2D eigenvalue weighted by Crippen LogP contribution is -2.27. The summed E-state index contributed by atoms with van der Waals surface area (Å²) in [4.78, 5) is 12.6. The second kappa shape index (κ2) is 9.00. The summed E-state index contributed by atoms with van der Waals surface area (Å²) in [6, 6.07) is 20.6. The maximum atomic E-state index is 13.0. The number of amides is 1. The second-order valence-electron chi connectivity index (χ2n) is 6.87. The van der Waals surface area contributed by atoms with Gasteiger partial charge in [0.2, 0.25) is 0 Å². The number of hydrogen-bond donors (Lipinski definition) is 1. The normalized spacial score (nSPS) is 11.0. The van der Waals surface area contributed by atoms with Crippen LogP contribution in [0.1, 0.15) is 21.5 Å². The minimum Gasteiger partial charge on any atom is -0.497 e. The number of carbonyl (C=O) groups is 1. The highest BCUT2D eigenvalue weighted by atomic mass is 32.2. The van der Waals surface area contributed by atoms with E-state index in [2.05, 4.69) is 5.32 Å². The minimum atomic E-state index is -3.80. The fourth-order valence-corrected chi connectivity index (χ4v) is 4.12. The van der Waals surface area contributed by atoms with Crippen LogP contribution >= 0.6 is 0 Å². The number of anilines is 1. The number of nitrogens with one attached hydrogen (secondary N) is 1. The molecule has 6 nitrogen and oxygen atoms in total. The highest BCUT2D eigenvalue weighted by Crippen LogP contribution is 2.23. The summed E-state index contributed by atoms with van der Waals surface area (Å²) in [7, 11) is -0.708. The lowest BCUT2D eigenvalue weighted by molar-refractivity contribution is 0.0950. The average Bonchev–Trinajstić information content (AvgIpc) is 2.78. The van der Waals surface area contributed by atoms with Crippen molar-refractivity contribution in [2.45, 2.75) is 18.4 Å². The van der Waals surface area contributed by atoms with Crippen molar-refractivity contribution < 1.29 is 17.9 Å². The molecule has 0 aromatic heterocycles. The smallest absolute Gasteiger partial charge is 0.264 e. The van der Waals surface area contributed by atoms with Crippen molar-refractivity contribution in [2.75, 3.05) is 18.5 Å². The van der Waals surface area contributed by atoms with Gasteiger partial charge in [-0.2, -0.15) is 0 Å². The maximum absolute atomic E-state index is 13.0. The van der Waals surface area contributed by atoms with Crippen LogP contribution < -0.4 is 14.4 Å². The van der Waals surface area contributed by atoms with Crippen LogP contribution in [0.15, 0.2) is 77.7 Å². The number of aryl methyl sites for hydroxylation is 1. The molecule has 3 aromatic carbocycles. The van der Waals surface area contributed by atoms with Gasteiger partial charge in [0.05, 0.1) is 17.7 Å². The average molecular weight is 425 g/mol. The van der Waals surface area contributed by atoms with E-state index >= 15 is 0 Å². The molecule has 7 heteroatoms. The minimum absolute atomic E-state index is 0.0580. The maximum Gasteiger partial charge on any atom is 0.264 e. The van der Waals surface area contributed by atoms with Crippen molar-refractivity contribution in [3.8, 4) is 5.75 Å². The Hall–Kier alpha value is -3.32. The summed E-state index contributed by atoms with van der Waals surface area (Å²) in [5.41, 5.74) is 2.78. The fourth-order valence-electron chi connectivity index (χ4n) is 2.88. The van der Waals surface area contributed by atoms with Crippen LogP contribution in [-0.2, 0) is 16.6 Å². The van der Waals surface area contributed by atoms with Gasteiger partial charge in [-0.3, -0.25) is 9.10 Å². The number of benzene rings is 3. The number of methoxy groups -OCH3 is 1. The van der Waals surface area contributed by atoms with Gasteiger partial charge in [-0.25, -0.2) is 8.42 Å². The summed E-state index contributed by atoms with van der Waals surface area (Å²) >= 11 is 0. The summed E-state index contributed by atoms with van der Waals surface area (Å²) in [5, 5.41) is 2.81. The molecule has 0 unspecified atom stereocenters. The molecule has 3 aromatic rings. The van der Waals surface area contributed by atoms with Gasteiger partial charge in [0.1, 0.15) is 5.75 Å². The number of rotatable bonds is 7. The first kappa shape index (κ1) is 21.4. The molecule has 156 valence electrons. The third-order valence-electron chi connectivity index (χ3n) is 4.76. The Morgan fingerprint density at radius 1 is 1.00 bits per heavy atom. The molecule has 0 aliphatic heterocycles. The van der Waals surface area contributed by atoms with E-state index in [1.54, 1.807) is 31.4 Å². The number of sulfonamides is 1. The van der Waals surface area contributed by atoms with Crippen LogP contribution in [0.25, 0.3) is 0 Å². The molecule has 0 saturated carbocycles. The van der Waals surface area contributed by atoms with Crippen molar-refractivity contribution in [3.05, 3.63) is 89.5 Å². The lowest BCUT2D eigenvalue weighted by atomic mass is 10.2. The Morgan fingerprint density at radius 3 is 2.30 bits per heavy atom. The molecule has 0 radical (unpaired) electrons. The Balaban J connectivity index is 1.75. The first-order chi connectivity index (χ1) is 14.3. The van der Waals surface area contributed by atoms with Crippen molar-refractivity contribution in [3.63, 3.8) is 0 Å². The van der Waals surface area contributed by atoms with Crippen molar-refractivity contribution >= 4 is 21.6 Å². The van der Waals surface area contributed by atoms with Gasteiger partial charge in [0.25, 0.3) is 15.9 Å². The number of ether oxygens (including phenoxy) is 1. The predicted molar refractivity (Wildman–Crippen MR) is 117 cm³/mol. The fraction of sp³-hybridized carbons (Fsp3) is 0.174. The third kappa shape index (κ3) is 4.80. The molecule has 30 heavy (non-hydrogen) atoms. The molecule has 1 amide bonds. The third-order valence-corrected chi connectivity index (χ3v) is 6.55. The Labute approximate surface area is 177 Å². The van der Waals surface area contributed by atoms with Crippen molar-refractivity contribution in [2.24, 2.45) is 0 Å². The standard InChI is InChI=1S/C23H24N2O4S/c1-17-7-11-20(12-8-17)25(2)30(27,28)22-6-4-5-19(15-22)23(26)24-16-18-9-13-21(29-3)14-10-18/h4-15H,16H2,1-3H3,(H,24,26). The summed E-state index contributed by atoms with van der Waals surface area (Å²) in [6.07, 6.45) is 0. The summed E-state index contributed by atoms with van der Waals surface area (Å²) < 4.78 is 32.4. The summed E-state index contributed by atoms with van der Waals surface area (Å²) in [5.74, 6) is 0.390. The van der Waals surface area contributed by atoms with E-state index < -0.39 is 10.0 Å². The molecule has 0 bridgehead atoms. The number of carbonyl (C=O) groups excluding carboxylic acids is 1. The van der Waals surface area contributed by atoms with Gasteiger partial charge in [-0.05, 0) is 55.0 Å². The van der Waals surface area contributed by atoms with E-state index in [1.165, 1.54) is 23.5 Å². The van der Waals surface area contributed by atoms with Crippen LogP contribution in [0, 0.1) is 6.92 Å². The molecule has 0 atom stereocenters. The van der Waals surface area contributed by atoms with E-state index in [0.717, 1.165) is 16.9 Å². The van der Waals surface area contributed by atoms with Gasteiger partial charge in [-0.1, -0.05) is 35.9 Å². The van der Waals surface area contributed by atoms with Gasteiger partial charge in [0.15, 0.2) is 0 Å². The van der Waals surface area contributed by atoms with Gasteiger partial charge in [0, 0.05) is 19.2 Å². The van der Waals surface area contributed by atoms with Crippen LogP contribution in [-0.4, -0.2) is 28.5 Å².